The van der Waals surface area contributed by atoms with Gasteiger partial charge in [-0.25, -0.2) is 0 Å². The van der Waals surface area contributed by atoms with E-state index in [1.807, 2.05) is 0 Å². The zero-order chi connectivity index (χ0) is 13.8. The maximum atomic E-state index is 12.3. The fourth-order valence-corrected chi connectivity index (χ4v) is 1.59. The fourth-order valence-electron chi connectivity index (χ4n) is 1.35. The topological polar surface area (TPSA) is 26.3 Å². The number of halogens is 4. The number of rotatable bonds is 4. The molecule has 0 saturated heterocycles. The predicted octanol–water partition coefficient (Wildman–Crippen LogP) is 3.42. The molecule has 1 aromatic rings. The summed E-state index contributed by atoms with van der Waals surface area (Å²) in [4.78, 5) is 11.2. The molecule has 0 saturated carbocycles. The van der Waals surface area contributed by atoms with E-state index in [9.17, 15) is 18.0 Å². The van der Waals surface area contributed by atoms with E-state index in [2.05, 4.69) is 0 Å². The molecule has 0 radical (unpaired) electrons. The highest BCUT2D eigenvalue weighted by atomic mass is 35.5. The third-order valence-corrected chi connectivity index (χ3v) is 2.57. The highest BCUT2D eigenvalue weighted by molar-refractivity contribution is 6.30. The number of ether oxygens (including phenoxy) is 1. The van der Waals surface area contributed by atoms with Crippen LogP contribution in [0.3, 0.4) is 0 Å². The van der Waals surface area contributed by atoms with Gasteiger partial charge in [0.1, 0.15) is 5.38 Å². The molecule has 0 aromatic heterocycles. The molecular formula is C12H12ClF3O2. The number of carbonyl (C=O) groups excluding carboxylic acids is 1. The third kappa shape index (κ3) is 4.22. The summed E-state index contributed by atoms with van der Waals surface area (Å²) < 4.78 is 41.6. The molecule has 1 aromatic carbocycles. The van der Waals surface area contributed by atoms with Gasteiger partial charge in [0.05, 0.1) is 12.2 Å². The van der Waals surface area contributed by atoms with Crippen LogP contribution in [0.4, 0.5) is 13.2 Å². The Bertz CT molecular complexity index is 401. The molecule has 6 heteroatoms. The van der Waals surface area contributed by atoms with E-state index in [0.717, 1.165) is 12.1 Å². The summed E-state index contributed by atoms with van der Waals surface area (Å²) in [6, 6.07) is 4.53. The van der Waals surface area contributed by atoms with Gasteiger partial charge in [0.25, 0.3) is 0 Å². The quantitative estimate of drug-likeness (QED) is 0.624. The largest absolute Gasteiger partial charge is 0.465 e. The lowest BCUT2D eigenvalue weighted by Gasteiger charge is -2.10. The fraction of sp³-hybridized carbons (Fsp3) is 0.417. The van der Waals surface area contributed by atoms with Crippen LogP contribution in [-0.4, -0.2) is 18.0 Å². The van der Waals surface area contributed by atoms with Crippen LogP contribution in [0.25, 0.3) is 0 Å². The first kappa shape index (κ1) is 14.8. The molecule has 0 amide bonds. The molecule has 0 bridgehead atoms. The molecular weight excluding hydrogens is 269 g/mol. The summed E-state index contributed by atoms with van der Waals surface area (Å²) in [6.07, 6.45) is -4.22. The van der Waals surface area contributed by atoms with Crippen molar-refractivity contribution in [1.82, 2.24) is 0 Å². The van der Waals surface area contributed by atoms with E-state index in [-0.39, 0.29) is 13.0 Å². The summed E-state index contributed by atoms with van der Waals surface area (Å²) in [5, 5.41) is -0.887. The Kier molecular flexibility index (Phi) is 5.02. The second kappa shape index (κ2) is 6.09. The molecule has 1 rings (SSSR count). The van der Waals surface area contributed by atoms with Gasteiger partial charge in [-0.05, 0) is 31.0 Å². The third-order valence-electron chi connectivity index (χ3n) is 2.24. The van der Waals surface area contributed by atoms with Crippen LogP contribution in [0.15, 0.2) is 24.3 Å². The van der Waals surface area contributed by atoms with Crippen LogP contribution in [0.2, 0.25) is 0 Å². The first-order valence-corrected chi connectivity index (χ1v) is 5.75. The maximum absolute atomic E-state index is 12.3. The maximum Gasteiger partial charge on any atom is 0.416 e. The standard InChI is InChI=1S/C12H12ClF3O2/c1-2-18-11(17)10(13)7-8-3-5-9(6-4-8)12(14,15)16/h3-6,10H,2,7H2,1H3. The van der Waals surface area contributed by atoms with E-state index in [1.54, 1.807) is 6.92 Å². The molecule has 0 spiro atoms. The summed E-state index contributed by atoms with van der Waals surface area (Å²) in [5.41, 5.74) is -0.176. The smallest absolute Gasteiger partial charge is 0.416 e. The van der Waals surface area contributed by atoms with Crippen LogP contribution >= 0.6 is 11.6 Å². The minimum atomic E-state index is -4.36. The Labute approximate surface area is 108 Å². The number of benzene rings is 1. The van der Waals surface area contributed by atoms with Crippen molar-refractivity contribution in [2.75, 3.05) is 6.61 Å². The van der Waals surface area contributed by atoms with Crippen molar-refractivity contribution in [3.05, 3.63) is 35.4 Å². The highest BCUT2D eigenvalue weighted by Gasteiger charge is 2.30. The predicted molar refractivity (Wildman–Crippen MR) is 61.4 cm³/mol. The number of hydrogen-bond acceptors (Lipinski definition) is 2. The van der Waals surface area contributed by atoms with E-state index in [0.29, 0.717) is 5.56 Å². The van der Waals surface area contributed by atoms with Gasteiger partial charge < -0.3 is 4.74 Å². The lowest BCUT2D eigenvalue weighted by Crippen LogP contribution is -2.20. The van der Waals surface area contributed by atoms with Gasteiger partial charge in [-0.1, -0.05) is 12.1 Å². The van der Waals surface area contributed by atoms with Gasteiger partial charge in [-0.2, -0.15) is 13.2 Å². The molecule has 0 aliphatic carbocycles. The lowest BCUT2D eigenvalue weighted by molar-refractivity contribution is -0.142. The van der Waals surface area contributed by atoms with Crippen LogP contribution < -0.4 is 0 Å². The second-order valence-corrected chi connectivity index (χ2v) is 4.15. The van der Waals surface area contributed by atoms with Crippen molar-refractivity contribution in [3.8, 4) is 0 Å². The van der Waals surface area contributed by atoms with Gasteiger partial charge >= 0.3 is 12.1 Å². The molecule has 2 nitrogen and oxygen atoms in total. The molecule has 0 N–H and O–H groups in total. The normalized spacial score (nSPS) is 13.2. The van der Waals surface area contributed by atoms with Crippen molar-refractivity contribution in [2.24, 2.45) is 0 Å². The van der Waals surface area contributed by atoms with Crippen molar-refractivity contribution in [1.29, 1.82) is 0 Å². The van der Waals surface area contributed by atoms with Gasteiger partial charge in [0, 0.05) is 0 Å². The van der Waals surface area contributed by atoms with Crippen molar-refractivity contribution >= 4 is 17.6 Å². The zero-order valence-corrected chi connectivity index (χ0v) is 10.4. The van der Waals surface area contributed by atoms with E-state index < -0.39 is 23.1 Å². The van der Waals surface area contributed by atoms with Gasteiger partial charge in [-0.3, -0.25) is 4.79 Å². The highest BCUT2D eigenvalue weighted by Crippen LogP contribution is 2.29. The van der Waals surface area contributed by atoms with Gasteiger partial charge in [-0.15, -0.1) is 11.6 Å². The minimum Gasteiger partial charge on any atom is -0.465 e. The van der Waals surface area contributed by atoms with Crippen LogP contribution in [0.1, 0.15) is 18.1 Å². The Hall–Kier alpha value is -1.23. The Morgan fingerprint density at radius 2 is 1.89 bits per heavy atom. The molecule has 0 aliphatic heterocycles. The summed E-state index contributed by atoms with van der Waals surface area (Å²) >= 11 is 5.78. The van der Waals surface area contributed by atoms with Crippen LogP contribution in [0.5, 0.6) is 0 Å². The van der Waals surface area contributed by atoms with Crippen molar-refractivity contribution in [2.45, 2.75) is 24.9 Å². The van der Waals surface area contributed by atoms with Gasteiger partial charge in [0.2, 0.25) is 0 Å². The van der Waals surface area contributed by atoms with Crippen molar-refractivity contribution in [3.63, 3.8) is 0 Å². The average molecular weight is 281 g/mol. The Morgan fingerprint density at radius 3 is 2.33 bits per heavy atom. The number of alkyl halides is 4. The zero-order valence-electron chi connectivity index (χ0n) is 9.63. The average Bonchev–Trinajstić information content (AvgIpc) is 2.28. The second-order valence-electron chi connectivity index (χ2n) is 3.62. The minimum absolute atomic E-state index is 0.137. The van der Waals surface area contributed by atoms with E-state index in [4.69, 9.17) is 16.3 Å². The molecule has 100 valence electrons. The molecule has 0 heterocycles. The number of hydrogen-bond donors (Lipinski definition) is 0. The SMILES string of the molecule is CCOC(=O)C(Cl)Cc1ccc(C(F)(F)F)cc1. The Morgan fingerprint density at radius 1 is 1.33 bits per heavy atom. The molecule has 0 fully saturated rings. The van der Waals surface area contributed by atoms with Crippen molar-refractivity contribution < 1.29 is 22.7 Å². The molecule has 1 atom stereocenters. The summed E-state index contributed by atoms with van der Waals surface area (Å²) in [5.74, 6) is -0.570. The van der Waals surface area contributed by atoms with Crippen LogP contribution in [0, 0.1) is 0 Å². The number of esters is 1. The first-order chi connectivity index (χ1) is 8.34. The van der Waals surface area contributed by atoms with E-state index >= 15 is 0 Å². The first-order valence-electron chi connectivity index (χ1n) is 5.31. The molecule has 1 unspecified atom stereocenters. The summed E-state index contributed by atoms with van der Waals surface area (Å²) in [7, 11) is 0. The summed E-state index contributed by atoms with van der Waals surface area (Å²) in [6.45, 7) is 1.87. The monoisotopic (exact) mass is 280 g/mol. The Balaban J connectivity index is 2.67. The van der Waals surface area contributed by atoms with Crippen LogP contribution in [-0.2, 0) is 22.1 Å². The molecule has 0 aliphatic rings. The van der Waals surface area contributed by atoms with E-state index in [1.165, 1.54) is 12.1 Å². The molecule has 18 heavy (non-hydrogen) atoms. The lowest BCUT2D eigenvalue weighted by atomic mass is 10.1. The van der Waals surface area contributed by atoms with Gasteiger partial charge in [0.15, 0.2) is 0 Å². The number of carbonyl (C=O) groups is 1.